The molecule has 8 heteroatoms. The number of aryl methyl sites for hydroxylation is 1. The molecule has 0 aliphatic heterocycles. The van der Waals surface area contributed by atoms with Gasteiger partial charge in [-0.05, 0) is 55.9 Å². The second kappa shape index (κ2) is 10.3. The van der Waals surface area contributed by atoms with Crippen LogP contribution >= 0.6 is 0 Å². The maximum absolute atomic E-state index is 12.6. The number of nitrogens with one attached hydrogen (secondary N) is 1. The van der Waals surface area contributed by atoms with Crippen LogP contribution in [0.25, 0.3) is 22.3 Å². The second-order valence-corrected chi connectivity index (χ2v) is 9.56. The Bertz CT molecular complexity index is 1470. The number of allylic oxidation sites excluding steroid dienone is 1. The molecule has 0 unspecified atom stereocenters. The van der Waals surface area contributed by atoms with Crippen LogP contribution in [0.5, 0.6) is 0 Å². The number of aromatic nitrogens is 4. The standard InChI is InChI=1S/C29H30N6O2/c1-3-24(36)20-12-14-22(15-13-20)35-28-25(27(30)32-17-33-28)26(34-35)21-10-8-19(9-11-21)16-31-29(37)23-7-5-4-6-18(23)2/h3-11,17,20,22H,1,12-16H2,2H3,(H,31,37)(H2,30,32,33). The molecule has 37 heavy (non-hydrogen) atoms. The Hall–Kier alpha value is -4.33. The van der Waals surface area contributed by atoms with Gasteiger partial charge in [0.25, 0.3) is 5.91 Å². The third-order valence-electron chi connectivity index (χ3n) is 7.23. The Balaban J connectivity index is 1.37. The van der Waals surface area contributed by atoms with Crippen molar-refractivity contribution < 1.29 is 9.59 Å². The minimum absolute atomic E-state index is 0.0357. The zero-order valence-corrected chi connectivity index (χ0v) is 20.9. The number of nitrogen functional groups attached to an aromatic ring is 1. The van der Waals surface area contributed by atoms with E-state index in [9.17, 15) is 9.59 Å². The van der Waals surface area contributed by atoms with Crippen molar-refractivity contribution >= 4 is 28.5 Å². The lowest BCUT2D eigenvalue weighted by Gasteiger charge is -2.27. The highest BCUT2D eigenvalue weighted by atomic mass is 16.1. The van der Waals surface area contributed by atoms with E-state index in [4.69, 9.17) is 10.8 Å². The maximum Gasteiger partial charge on any atom is 0.251 e. The van der Waals surface area contributed by atoms with Crippen LogP contribution in [0.4, 0.5) is 5.82 Å². The number of carbonyl (C=O) groups is 2. The highest BCUT2D eigenvalue weighted by molar-refractivity contribution is 5.98. The number of carbonyl (C=O) groups excluding carboxylic acids is 2. The van der Waals surface area contributed by atoms with Crippen molar-refractivity contribution in [3.63, 3.8) is 0 Å². The molecule has 1 fully saturated rings. The summed E-state index contributed by atoms with van der Waals surface area (Å²) in [5, 5.41) is 8.66. The molecule has 1 aliphatic rings. The predicted molar refractivity (Wildman–Crippen MR) is 144 cm³/mol. The molecule has 3 N–H and O–H groups in total. The lowest BCUT2D eigenvalue weighted by atomic mass is 9.83. The first kappa shape index (κ1) is 24.4. The summed E-state index contributed by atoms with van der Waals surface area (Å²) in [4.78, 5) is 33.3. The molecule has 1 aliphatic carbocycles. The number of fused-ring (bicyclic) bond motifs is 1. The molecule has 0 radical (unpaired) electrons. The van der Waals surface area contributed by atoms with E-state index in [0.717, 1.165) is 53.5 Å². The van der Waals surface area contributed by atoms with Crippen molar-refractivity contribution in [3.8, 4) is 11.3 Å². The molecule has 0 spiro atoms. The van der Waals surface area contributed by atoms with Crippen molar-refractivity contribution in [1.29, 1.82) is 0 Å². The van der Waals surface area contributed by atoms with Crippen molar-refractivity contribution in [1.82, 2.24) is 25.1 Å². The molecule has 0 bridgehead atoms. The fourth-order valence-electron chi connectivity index (χ4n) is 5.11. The average molecular weight is 495 g/mol. The molecule has 5 rings (SSSR count). The van der Waals surface area contributed by atoms with Crippen LogP contribution in [0.1, 0.15) is 53.2 Å². The SMILES string of the molecule is C=CC(=O)C1CCC(n2nc(-c3ccc(CNC(=O)c4ccccc4C)cc3)c3c(N)ncnc32)CC1. The predicted octanol–water partition coefficient (Wildman–Crippen LogP) is 4.80. The van der Waals surface area contributed by atoms with Crippen molar-refractivity contribution in [2.24, 2.45) is 5.92 Å². The summed E-state index contributed by atoms with van der Waals surface area (Å²) in [5.41, 5.74) is 11.2. The largest absolute Gasteiger partial charge is 0.383 e. The van der Waals surface area contributed by atoms with Gasteiger partial charge in [-0.2, -0.15) is 5.10 Å². The highest BCUT2D eigenvalue weighted by Crippen LogP contribution is 2.37. The Morgan fingerprint density at radius 1 is 1.08 bits per heavy atom. The van der Waals surface area contributed by atoms with Gasteiger partial charge >= 0.3 is 0 Å². The van der Waals surface area contributed by atoms with Gasteiger partial charge in [0, 0.05) is 23.6 Å². The number of hydrogen-bond acceptors (Lipinski definition) is 6. The third-order valence-corrected chi connectivity index (χ3v) is 7.23. The van der Waals surface area contributed by atoms with E-state index < -0.39 is 0 Å². The van der Waals surface area contributed by atoms with Gasteiger partial charge in [0.1, 0.15) is 17.8 Å². The molecule has 2 aromatic heterocycles. The Kier molecular flexibility index (Phi) is 6.81. The Labute approximate surface area is 215 Å². The third kappa shape index (κ3) is 4.87. The van der Waals surface area contributed by atoms with Gasteiger partial charge in [-0.15, -0.1) is 0 Å². The quantitative estimate of drug-likeness (QED) is 0.357. The van der Waals surface area contributed by atoms with Crippen LogP contribution in [0, 0.1) is 12.8 Å². The molecule has 0 atom stereocenters. The molecule has 1 saturated carbocycles. The van der Waals surface area contributed by atoms with Gasteiger partial charge in [-0.3, -0.25) is 9.59 Å². The summed E-state index contributed by atoms with van der Waals surface area (Å²) in [6.45, 7) is 5.97. The van der Waals surface area contributed by atoms with Crippen LogP contribution in [-0.4, -0.2) is 31.4 Å². The molecule has 0 saturated heterocycles. The fourth-order valence-corrected chi connectivity index (χ4v) is 5.11. The van der Waals surface area contributed by atoms with Crippen LogP contribution < -0.4 is 11.1 Å². The normalized spacial score (nSPS) is 17.4. The number of benzene rings is 2. The number of nitrogens with zero attached hydrogens (tertiary/aromatic N) is 4. The van der Waals surface area contributed by atoms with Crippen LogP contribution in [0.2, 0.25) is 0 Å². The number of nitrogens with two attached hydrogens (primary N) is 1. The van der Waals surface area contributed by atoms with E-state index in [0.29, 0.717) is 23.6 Å². The number of ketones is 1. The molecule has 4 aromatic rings. The van der Waals surface area contributed by atoms with Gasteiger partial charge in [-0.25, -0.2) is 14.6 Å². The van der Waals surface area contributed by atoms with E-state index in [1.165, 1.54) is 12.4 Å². The number of rotatable bonds is 7. The zero-order valence-electron chi connectivity index (χ0n) is 20.9. The maximum atomic E-state index is 12.6. The monoisotopic (exact) mass is 494 g/mol. The van der Waals surface area contributed by atoms with Crippen LogP contribution in [0.15, 0.2) is 67.5 Å². The molecule has 2 heterocycles. The second-order valence-electron chi connectivity index (χ2n) is 9.56. The van der Waals surface area contributed by atoms with E-state index in [1.807, 2.05) is 60.1 Å². The summed E-state index contributed by atoms with van der Waals surface area (Å²) < 4.78 is 1.95. The van der Waals surface area contributed by atoms with Crippen LogP contribution in [0.3, 0.4) is 0 Å². The first-order chi connectivity index (χ1) is 18.0. The fraction of sp³-hybridized carbons (Fsp3) is 0.276. The molecule has 2 aromatic carbocycles. The average Bonchev–Trinajstić information content (AvgIpc) is 3.33. The van der Waals surface area contributed by atoms with Gasteiger partial charge in [0.05, 0.1) is 11.4 Å². The molecule has 1 amide bonds. The molecular weight excluding hydrogens is 464 g/mol. The Morgan fingerprint density at radius 3 is 2.51 bits per heavy atom. The molecular formula is C29H30N6O2. The minimum atomic E-state index is -0.0960. The van der Waals surface area contributed by atoms with Gasteiger partial charge in [0.15, 0.2) is 11.4 Å². The number of amides is 1. The first-order valence-corrected chi connectivity index (χ1v) is 12.5. The van der Waals surface area contributed by atoms with E-state index in [2.05, 4.69) is 21.9 Å². The van der Waals surface area contributed by atoms with Crippen molar-refractivity contribution in [2.45, 2.75) is 45.2 Å². The number of anilines is 1. The van der Waals surface area contributed by atoms with Crippen molar-refractivity contribution in [2.75, 3.05) is 5.73 Å². The van der Waals surface area contributed by atoms with Crippen molar-refractivity contribution in [3.05, 3.63) is 84.2 Å². The highest BCUT2D eigenvalue weighted by Gasteiger charge is 2.29. The van der Waals surface area contributed by atoms with Gasteiger partial charge < -0.3 is 11.1 Å². The zero-order chi connectivity index (χ0) is 25.9. The lowest BCUT2D eigenvalue weighted by Crippen LogP contribution is -2.23. The number of hydrogen-bond donors (Lipinski definition) is 2. The summed E-state index contributed by atoms with van der Waals surface area (Å²) in [5.74, 6) is 0.442. The summed E-state index contributed by atoms with van der Waals surface area (Å²) in [6.07, 6.45) is 6.17. The first-order valence-electron chi connectivity index (χ1n) is 12.5. The smallest absolute Gasteiger partial charge is 0.251 e. The van der Waals surface area contributed by atoms with E-state index in [-0.39, 0.29) is 23.7 Å². The van der Waals surface area contributed by atoms with Gasteiger partial charge in [0.2, 0.25) is 0 Å². The van der Waals surface area contributed by atoms with E-state index >= 15 is 0 Å². The molecule has 8 nitrogen and oxygen atoms in total. The lowest BCUT2D eigenvalue weighted by molar-refractivity contribution is -0.119. The molecule has 188 valence electrons. The Morgan fingerprint density at radius 2 is 1.81 bits per heavy atom. The summed E-state index contributed by atoms with van der Waals surface area (Å²) >= 11 is 0. The topological polar surface area (TPSA) is 116 Å². The minimum Gasteiger partial charge on any atom is -0.383 e. The van der Waals surface area contributed by atoms with E-state index in [1.54, 1.807) is 0 Å². The van der Waals surface area contributed by atoms with Crippen LogP contribution in [-0.2, 0) is 11.3 Å². The van der Waals surface area contributed by atoms with Gasteiger partial charge in [-0.1, -0.05) is 49.0 Å². The summed E-state index contributed by atoms with van der Waals surface area (Å²) in [6, 6.07) is 15.6. The summed E-state index contributed by atoms with van der Waals surface area (Å²) in [7, 11) is 0.